The first kappa shape index (κ1) is 29.5. The van der Waals surface area contributed by atoms with E-state index < -0.39 is 11.9 Å². The highest BCUT2D eigenvalue weighted by Crippen LogP contribution is 2.37. The number of esters is 2. The van der Waals surface area contributed by atoms with Crippen LogP contribution in [-0.4, -0.2) is 27.6 Å². The third-order valence-electron chi connectivity index (χ3n) is 7.23. The molecule has 0 heterocycles. The van der Waals surface area contributed by atoms with E-state index in [2.05, 4.69) is 62.4 Å². The smallest absolute Gasteiger partial charge is 0.344 e. The number of hydrogen-bond donors (Lipinski definition) is 0. The highest BCUT2D eigenvalue weighted by Gasteiger charge is 2.36. The summed E-state index contributed by atoms with van der Waals surface area (Å²) in [5, 5.41) is 0. The van der Waals surface area contributed by atoms with Crippen molar-refractivity contribution < 1.29 is 23.8 Å². The molecule has 3 rings (SSSR count). The first-order valence-electron chi connectivity index (χ1n) is 13.4. The molecule has 0 radical (unpaired) electrons. The number of ether oxygens (including phenoxy) is 3. The van der Waals surface area contributed by atoms with Crippen LogP contribution in [0.25, 0.3) is 0 Å². The van der Waals surface area contributed by atoms with Crippen molar-refractivity contribution in [3.05, 3.63) is 65.2 Å². The van der Waals surface area contributed by atoms with Crippen molar-refractivity contribution in [2.45, 2.75) is 94.7 Å². The number of carbonyl (C=O) groups is 2. The Morgan fingerprint density at radius 1 is 1.03 bits per heavy atom. The fourth-order valence-corrected chi connectivity index (χ4v) is 5.54. The van der Waals surface area contributed by atoms with Crippen LogP contribution in [0, 0.1) is 5.92 Å². The first-order valence-corrected chi connectivity index (χ1v) is 14.5. The second-order valence-electron chi connectivity index (χ2n) is 11.1. The maximum atomic E-state index is 12.9. The lowest BCUT2D eigenvalue weighted by Gasteiger charge is -2.28. The van der Waals surface area contributed by atoms with Crippen molar-refractivity contribution >= 4 is 34.5 Å². The van der Waals surface area contributed by atoms with Gasteiger partial charge in [0.2, 0.25) is 0 Å². The van der Waals surface area contributed by atoms with E-state index in [1.807, 2.05) is 19.1 Å². The number of alkyl halides is 1. The molecule has 1 unspecified atom stereocenters. The van der Waals surface area contributed by atoms with Crippen molar-refractivity contribution in [3.8, 4) is 5.75 Å². The molecule has 0 spiro atoms. The van der Waals surface area contributed by atoms with Crippen LogP contribution in [0.3, 0.4) is 0 Å². The van der Waals surface area contributed by atoms with E-state index in [-0.39, 0.29) is 22.2 Å². The second-order valence-corrected chi connectivity index (χ2v) is 14.0. The Kier molecular flexibility index (Phi) is 10.4. The lowest BCUT2D eigenvalue weighted by atomic mass is 9.82. The molecule has 5 nitrogen and oxygen atoms in total. The van der Waals surface area contributed by atoms with Gasteiger partial charge in [0.1, 0.15) is 23.5 Å². The van der Waals surface area contributed by atoms with Gasteiger partial charge in [-0.05, 0) is 73.6 Å². The molecule has 6 heteroatoms. The third kappa shape index (κ3) is 8.72. The molecule has 1 aliphatic carbocycles. The third-order valence-corrected chi connectivity index (χ3v) is 7.67. The van der Waals surface area contributed by atoms with Crippen molar-refractivity contribution in [1.82, 2.24) is 0 Å². The summed E-state index contributed by atoms with van der Waals surface area (Å²) >= 11 is 2.52. The fourth-order valence-electron chi connectivity index (χ4n) is 5.06. The molecule has 1 saturated carbocycles. The Bertz CT molecular complexity index is 1030. The van der Waals surface area contributed by atoms with Crippen LogP contribution in [0.4, 0.5) is 0 Å². The van der Waals surface area contributed by atoms with Gasteiger partial charge >= 0.3 is 11.9 Å². The van der Waals surface area contributed by atoms with E-state index in [0.717, 1.165) is 44.1 Å². The Morgan fingerprint density at radius 3 is 2.27 bits per heavy atom. The number of para-hydroxylation sites is 1. The van der Waals surface area contributed by atoms with Gasteiger partial charge in [-0.3, -0.25) is 0 Å². The summed E-state index contributed by atoms with van der Waals surface area (Å²) in [6.07, 6.45) is 5.85. The van der Waals surface area contributed by atoms with Crippen LogP contribution in [0.1, 0.15) is 101 Å². The van der Waals surface area contributed by atoms with E-state index in [1.54, 1.807) is 24.3 Å². The van der Waals surface area contributed by atoms with Gasteiger partial charge in [0, 0.05) is 3.42 Å². The lowest BCUT2D eigenvalue weighted by molar-refractivity contribution is -0.162. The zero-order chi connectivity index (χ0) is 27.1. The van der Waals surface area contributed by atoms with Gasteiger partial charge in [0.15, 0.2) is 6.61 Å². The predicted octanol–water partition coefficient (Wildman–Crippen LogP) is 8.03. The SMILES string of the molecule is CCC1(OC(=O)COc2ccccc2C(=O)OCc2ccc(C(CC(C)(C)I)C(C)C)cc2)CCCC1. The molecular weight excluding hydrogens is 579 g/mol. The van der Waals surface area contributed by atoms with Crippen molar-refractivity contribution in [3.63, 3.8) is 0 Å². The van der Waals surface area contributed by atoms with Crippen LogP contribution >= 0.6 is 22.6 Å². The molecule has 202 valence electrons. The zero-order valence-corrected chi connectivity index (χ0v) is 25.0. The van der Waals surface area contributed by atoms with Gasteiger partial charge in [-0.2, -0.15) is 0 Å². The molecule has 2 aromatic rings. The number of rotatable bonds is 12. The maximum Gasteiger partial charge on any atom is 0.344 e. The van der Waals surface area contributed by atoms with Crippen molar-refractivity contribution in [2.75, 3.05) is 6.61 Å². The van der Waals surface area contributed by atoms with Gasteiger partial charge in [0.25, 0.3) is 0 Å². The molecule has 1 atom stereocenters. The largest absolute Gasteiger partial charge is 0.481 e. The molecule has 0 N–H and O–H groups in total. The standard InChI is InChI=1S/C31H41IO5/c1-6-31(17-9-10-18-31)37-28(33)21-35-27-12-8-7-11-25(27)29(34)36-20-23-13-15-24(16-14-23)26(22(2)3)19-30(4,5)32/h7-8,11-16,22,26H,6,9-10,17-21H2,1-5H3. The zero-order valence-electron chi connectivity index (χ0n) is 22.8. The highest BCUT2D eigenvalue weighted by atomic mass is 127. The van der Waals surface area contributed by atoms with E-state index >= 15 is 0 Å². The molecular formula is C31H41IO5. The molecule has 37 heavy (non-hydrogen) atoms. The summed E-state index contributed by atoms with van der Waals surface area (Å²) in [4.78, 5) is 25.3. The van der Waals surface area contributed by atoms with Gasteiger partial charge in [-0.25, -0.2) is 9.59 Å². The molecule has 0 aromatic heterocycles. The summed E-state index contributed by atoms with van der Waals surface area (Å²) in [6.45, 7) is 11.0. The molecule has 0 saturated heterocycles. The minimum Gasteiger partial charge on any atom is -0.481 e. The maximum absolute atomic E-state index is 12.9. The second kappa shape index (κ2) is 13.1. The van der Waals surface area contributed by atoms with Crippen LogP contribution in [0.5, 0.6) is 5.75 Å². The average Bonchev–Trinajstić information content (AvgIpc) is 3.33. The summed E-state index contributed by atoms with van der Waals surface area (Å²) in [5.41, 5.74) is 2.16. The Balaban J connectivity index is 1.57. The van der Waals surface area contributed by atoms with Crippen LogP contribution in [0.2, 0.25) is 0 Å². The average molecular weight is 621 g/mol. The van der Waals surface area contributed by atoms with Crippen LogP contribution in [-0.2, 0) is 20.9 Å². The van der Waals surface area contributed by atoms with Gasteiger partial charge < -0.3 is 14.2 Å². The van der Waals surface area contributed by atoms with E-state index in [4.69, 9.17) is 14.2 Å². The number of halogens is 1. The molecule has 1 fully saturated rings. The normalized spacial score (nSPS) is 15.9. The monoisotopic (exact) mass is 620 g/mol. The first-order chi connectivity index (χ1) is 17.5. The summed E-state index contributed by atoms with van der Waals surface area (Å²) in [7, 11) is 0. The molecule has 2 aromatic carbocycles. The minimum absolute atomic E-state index is 0.165. The predicted molar refractivity (Wildman–Crippen MR) is 155 cm³/mol. The fraction of sp³-hybridized carbons (Fsp3) is 0.548. The van der Waals surface area contributed by atoms with Crippen LogP contribution in [0.15, 0.2) is 48.5 Å². The van der Waals surface area contributed by atoms with Crippen molar-refractivity contribution in [1.29, 1.82) is 0 Å². The Hall–Kier alpha value is -2.09. The molecule has 0 bridgehead atoms. The summed E-state index contributed by atoms with van der Waals surface area (Å²) in [6, 6.07) is 15.2. The highest BCUT2D eigenvalue weighted by molar-refractivity contribution is 14.1. The quantitative estimate of drug-likeness (QED) is 0.137. The number of hydrogen-bond acceptors (Lipinski definition) is 5. The van der Waals surface area contributed by atoms with Crippen molar-refractivity contribution in [2.24, 2.45) is 5.92 Å². The van der Waals surface area contributed by atoms with Gasteiger partial charge in [-0.15, -0.1) is 0 Å². The van der Waals surface area contributed by atoms with E-state index in [1.165, 1.54) is 5.56 Å². The Labute approximate surface area is 235 Å². The molecule has 1 aliphatic rings. The van der Waals surface area contributed by atoms with Gasteiger partial charge in [0.05, 0.1) is 0 Å². The van der Waals surface area contributed by atoms with E-state index in [0.29, 0.717) is 23.1 Å². The van der Waals surface area contributed by atoms with E-state index in [9.17, 15) is 9.59 Å². The molecule has 0 aliphatic heterocycles. The number of carbonyl (C=O) groups excluding carboxylic acids is 2. The summed E-state index contributed by atoms with van der Waals surface area (Å²) < 4.78 is 17.3. The van der Waals surface area contributed by atoms with Gasteiger partial charge in [-0.1, -0.05) is 93.6 Å². The number of benzene rings is 2. The summed E-state index contributed by atoms with van der Waals surface area (Å²) in [5.74, 6) is 0.438. The van der Waals surface area contributed by atoms with Crippen LogP contribution < -0.4 is 4.74 Å². The topological polar surface area (TPSA) is 61.8 Å². The lowest BCUT2D eigenvalue weighted by Crippen LogP contribution is -2.33. The molecule has 0 amide bonds. The minimum atomic E-state index is -0.486. The Morgan fingerprint density at radius 2 is 1.68 bits per heavy atom.